The average Bonchev–Trinajstić information content (AvgIpc) is 2.33. The minimum absolute atomic E-state index is 0.483. The first kappa shape index (κ1) is 17.3. The molecule has 1 saturated heterocycles. The smallest absolute Gasteiger partial charge is 0.211 e. The van der Waals surface area contributed by atoms with Crippen LogP contribution in [-0.4, -0.2) is 56.2 Å². The van der Waals surface area contributed by atoms with Crippen LogP contribution in [0.4, 0.5) is 0 Å². The van der Waals surface area contributed by atoms with Gasteiger partial charge in [-0.3, -0.25) is 0 Å². The third-order valence-corrected chi connectivity index (χ3v) is 6.14. The molecule has 2 unspecified atom stereocenters. The molecule has 1 rings (SSSR count). The maximum atomic E-state index is 11.6. The van der Waals surface area contributed by atoms with Gasteiger partial charge < -0.3 is 5.32 Å². The van der Waals surface area contributed by atoms with Crippen molar-refractivity contribution in [2.75, 3.05) is 32.1 Å². The molecule has 114 valence electrons. The molecule has 0 aromatic rings. The topological polar surface area (TPSA) is 49.4 Å². The van der Waals surface area contributed by atoms with Crippen molar-refractivity contribution in [3.63, 3.8) is 0 Å². The number of hydrogen-bond acceptors (Lipinski definition) is 4. The third-order valence-electron chi connectivity index (χ3n) is 3.61. The molecule has 4 nitrogen and oxygen atoms in total. The van der Waals surface area contributed by atoms with Crippen LogP contribution in [0.25, 0.3) is 0 Å². The maximum Gasteiger partial charge on any atom is 0.211 e. The zero-order valence-electron chi connectivity index (χ0n) is 12.6. The van der Waals surface area contributed by atoms with Gasteiger partial charge in [0, 0.05) is 24.9 Å². The van der Waals surface area contributed by atoms with Crippen molar-refractivity contribution in [3.8, 4) is 0 Å². The molecule has 0 aromatic heterocycles. The maximum absolute atomic E-state index is 11.6. The Bertz CT molecular complexity index is 358. The number of thioether (sulfide) groups is 1. The molecule has 0 radical (unpaired) electrons. The highest BCUT2D eigenvalue weighted by molar-refractivity contribution is 7.99. The molecule has 1 heterocycles. The van der Waals surface area contributed by atoms with Gasteiger partial charge in [0.1, 0.15) is 0 Å². The number of nitrogens with zero attached hydrogens (tertiary/aromatic N) is 1. The van der Waals surface area contributed by atoms with Gasteiger partial charge in [0.15, 0.2) is 0 Å². The van der Waals surface area contributed by atoms with Crippen LogP contribution < -0.4 is 5.32 Å². The molecule has 0 aromatic carbocycles. The van der Waals surface area contributed by atoms with E-state index in [-0.39, 0.29) is 0 Å². The Hall–Kier alpha value is 0.220. The summed E-state index contributed by atoms with van der Waals surface area (Å²) < 4.78 is 24.9. The van der Waals surface area contributed by atoms with Crippen LogP contribution >= 0.6 is 11.8 Å². The number of nitrogens with one attached hydrogen (secondary N) is 1. The predicted octanol–water partition coefficient (Wildman–Crippen LogP) is 1.78. The molecule has 6 heteroatoms. The molecule has 1 N–H and O–H groups in total. The van der Waals surface area contributed by atoms with E-state index in [1.807, 2.05) is 18.8 Å². The Kier molecular flexibility index (Phi) is 7.14. The van der Waals surface area contributed by atoms with Gasteiger partial charge in [-0.15, -0.1) is 0 Å². The lowest BCUT2D eigenvalue weighted by atomic mass is 9.93. The Labute approximate surface area is 122 Å². The van der Waals surface area contributed by atoms with E-state index in [9.17, 15) is 8.42 Å². The van der Waals surface area contributed by atoms with Gasteiger partial charge in [-0.2, -0.15) is 11.8 Å². The highest BCUT2D eigenvalue weighted by atomic mass is 32.2. The monoisotopic (exact) mass is 308 g/mol. The number of hydrogen-bond donors (Lipinski definition) is 1. The summed E-state index contributed by atoms with van der Waals surface area (Å²) in [7, 11) is -1.02. The Morgan fingerprint density at radius 3 is 2.63 bits per heavy atom. The molecule has 2 atom stereocenters. The van der Waals surface area contributed by atoms with Gasteiger partial charge in [0.25, 0.3) is 0 Å². The summed E-state index contributed by atoms with van der Waals surface area (Å²) in [6.45, 7) is 5.82. The minimum Gasteiger partial charge on any atom is -0.316 e. The summed E-state index contributed by atoms with van der Waals surface area (Å²) in [6, 6.07) is 0.483. The highest BCUT2D eigenvalue weighted by Crippen LogP contribution is 2.24. The van der Waals surface area contributed by atoms with Crippen LogP contribution in [0, 0.1) is 5.92 Å². The standard InChI is InChI=1S/C13H28N2O2S2/c1-11(2)18-10-13(14-3)8-12-6-5-7-15(9-12)19(4,16)17/h11-14H,5-10H2,1-4H3. The van der Waals surface area contributed by atoms with E-state index in [1.165, 1.54) is 6.26 Å². The van der Waals surface area contributed by atoms with Crippen LogP contribution in [0.2, 0.25) is 0 Å². The molecule has 0 amide bonds. The average molecular weight is 309 g/mol. The second-order valence-corrected chi connectivity index (χ2v) is 9.32. The lowest BCUT2D eigenvalue weighted by molar-refractivity contribution is 0.244. The van der Waals surface area contributed by atoms with Crippen LogP contribution in [-0.2, 0) is 10.0 Å². The van der Waals surface area contributed by atoms with Crippen molar-refractivity contribution in [2.24, 2.45) is 5.92 Å². The lowest BCUT2D eigenvalue weighted by Gasteiger charge is -2.33. The van der Waals surface area contributed by atoms with Crippen LogP contribution in [0.3, 0.4) is 0 Å². The summed E-state index contributed by atoms with van der Waals surface area (Å²) in [5, 5.41) is 4.02. The van der Waals surface area contributed by atoms with Crippen molar-refractivity contribution in [1.82, 2.24) is 9.62 Å². The first-order valence-corrected chi connectivity index (χ1v) is 9.96. The van der Waals surface area contributed by atoms with E-state index in [4.69, 9.17) is 0 Å². The molecule has 1 aliphatic rings. The molecular formula is C13H28N2O2S2. The summed E-state index contributed by atoms with van der Waals surface area (Å²) in [5.41, 5.74) is 0. The molecule has 1 aliphatic heterocycles. The molecule has 19 heavy (non-hydrogen) atoms. The quantitative estimate of drug-likeness (QED) is 0.779. The van der Waals surface area contributed by atoms with Gasteiger partial charge in [0.2, 0.25) is 10.0 Å². The van der Waals surface area contributed by atoms with E-state index >= 15 is 0 Å². The summed E-state index contributed by atoms with van der Waals surface area (Å²) in [6.07, 6.45) is 4.53. The Morgan fingerprint density at radius 2 is 2.11 bits per heavy atom. The van der Waals surface area contributed by atoms with Gasteiger partial charge in [0.05, 0.1) is 6.26 Å². The molecule has 0 spiro atoms. The molecule has 0 saturated carbocycles. The second kappa shape index (κ2) is 7.86. The van der Waals surface area contributed by atoms with Crippen LogP contribution in [0.5, 0.6) is 0 Å². The van der Waals surface area contributed by atoms with Gasteiger partial charge >= 0.3 is 0 Å². The Morgan fingerprint density at radius 1 is 1.42 bits per heavy atom. The molecular weight excluding hydrogens is 280 g/mol. The van der Waals surface area contributed by atoms with Gasteiger partial charge in [-0.1, -0.05) is 13.8 Å². The minimum atomic E-state index is -3.02. The summed E-state index contributed by atoms with van der Waals surface area (Å²) >= 11 is 1.96. The lowest BCUT2D eigenvalue weighted by Crippen LogP contribution is -2.42. The van der Waals surface area contributed by atoms with E-state index in [2.05, 4.69) is 19.2 Å². The summed E-state index contributed by atoms with van der Waals surface area (Å²) in [4.78, 5) is 0. The van der Waals surface area contributed by atoms with E-state index < -0.39 is 10.0 Å². The molecule has 0 bridgehead atoms. The van der Waals surface area contributed by atoms with Crippen molar-refractivity contribution in [3.05, 3.63) is 0 Å². The fourth-order valence-electron chi connectivity index (χ4n) is 2.50. The third kappa shape index (κ3) is 6.47. The largest absolute Gasteiger partial charge is 0.316 e. The van der Waals surface area contributed by atoms with Crippen molar-refractivity contribution in [1.29, 1.82) is 0 Å². The number of piperidine rings is 1. The molecule has 0 aliphatic carbocycles. The zero-order valence-corrected chi connectivity index (χ0v) is 14.2. The fraction of sp³-hybridized carbons (Fsp3) is 1.00. The second-order valence-electron chi connectivity index (χ2n) is 5.73. The van der Waals surface area contributed by atoms with E-state index in [0.29, 0.717) is 30.3 Å². The van der Waals surface area contributed by atoms with Gasteiger partial charge in [-0.05, 0) is 37.5 Å². The first-order chi connectivity index (χ1) is 8.82. The fourth-order valence-corrected chi connectivity index (χ4v) is 4.36. The van der Waals surface area contributed by atoms with Crippen molar-refractivity contribution in [2.45, 2.75) is 44.4 Å². The van der Waals surface area contributed by atoms with Crippen LogP contribution in [0.1, 0.15) is 33.1 Å². The van der Waals surface area contributed by atoms with Crippen LogP contribution in [0.15, 0.2) is 0 Å². The summed E-state index contributed by atoms with van der Waals surface area (Å²) in [5.74, 6) is 1.59. The van der Waals surface area contributed by atoms with Crippen molar-refractivity contribution >= 4 is 21.8 Å². The number of sulfonamides is 1. The van der Waals surface area contributed by atoms with Gasteiger partial charge in [-0.25, -0.2) is 12.7 Å². The predicted molar refractivity (Wildman–Crippen MR) is 84.2 cm³/mol. The van der Waals surface area contributed by atoms with Crippen molar-refractivity contribution < 1.29 is 8.42 Å². The normalized spacial score (nSPS) is 23.7. The SMILES string of the molecule is CNC(CSC(C)C)CC1CCCN(S(C)(=O)=O)C1. The first-order valence-electron chi connectivity index (χ1n) is 7.07. The van der Waals surface area contributed by atoms with E-state index in [0.717, 1.165) is 25.0 Å². The molecule has 1 fully saturated rings. The number of rotatable bonds is 7. The Balaban J connectivity index is 2.46. The van der Waals surface area contributed by atoms with E-state index in [1.54, 1.807) is 4.31 Å². The zero-order chi connectivity index (χ0) is 14.5. The highest BCUT2D eigenvalue weighted by Gasteiger charge is 2.27.